The number of hydrogen-bond acceptors (Lipinski definition) is 6. The summed E-state index contributed by atoms with van der Waals surface area (Å²) in [5.41, 5.74) is 0. The van der Waals surface area contributed by atoms with Gasteiger partial charge in [0.2, 0.25) is 0 Å². The molecule has 0 rings (SSSR count). The zero-order valence-electron chi connectivity index (χ0n) is 51.0. The Bertz CT molecular complexity index is 1470. The molecule has 0 heterocycles. The van der Waals surface area contributed by atoms with E-state index in [9.17, 15) is 14.4 Å². The predicted octanol–water partition coefficient (Wildman–Crippen LogP) is 22.7. The van der Waals surface area contributed by atoms with Crippen molar-refractivity contribution < 1.29 is 28.6 Å². The zero-order chi connectivity index (χ0) is 55.7. The van der Waals surface area contributed by atoms with E-state index in [1.165, 1.54) is 180 Å². The normalized spacial score (nSPS) is 12.6. The number of allylic oxidation sites excluding steroid dienone is 14. The molecule has 0 aliphatic heterocycles. The lowest BCUT2D eigenvalue weighted by molar-refractivity contribution is -0.167. The summed E-state index contributed by atoms with van der Waals surface area (Å²) in [7, 11) is 0. The highest BCUT2D eigenvalue weighted by molar-refractivity contribution is 5.71. The lowest BCUT2D eigenvalue weighted by atomic mass is 10.0. The molecule has 0 aromatic rings. The number of hydrogen-bond donors (Lipinski definition) is 0. The van der Waals surface area contributed by atoms with E-state index in [1.54, 1.807) is 0 Å². The maximum absolute atomic E-state index is 12.9. The molecule has 77 heavy (non-hydrogen) atoms. The van der Waals surface area contributed by atoms with E-state index in [0.717, 1.165) is 109 Å². The van der Waals surface area contributed by atoms with Crippen molar-refractivity contribution in [2.75, 3.05) is 13.2 Å². The van der Waals surface area contributed by atoms with E-state index in [0.29, 0.717) is 19.3 Å². The van der Waals surface area contributed by atoms with Crippen LogP contribution in [-0.4, -0.2) is 37.2 Å². The highest BCUT2D eigenvalue weighted by Crippen LogP contribution is 2.17. The van der Waals surface area contributed by atoms with Crippen LogP contribution >= 0.6 is 0 Å². The summed E-state index contributed by atoms with van der Waals surface area (Å²) in [5.74, 6) is -0.899. The third-order valence-corrected chi connectivity index (χ3v) is 14.4. The molecular weight excluding hydrogens is 949 g/mol. The molecule has 6 heteroatoms. The van der Waals surface area contributed by atoms with Crippen molar-refractivity contribution in [3.63, 3.8) is 0 Å². The van der Waals surface area contributed by atoms with Crippen LogP contribution in [0.25, 0.3) is 0 Å². The molecule has 0 spiro atoms. The highest BCUT2D eigenvalue weighted by Gasteiger charge is 2.19. The van der Waals surface area contributed by atoms with Crippen LogP contribution in [0.4, 0.5) is 0 Å². The molecule has 0 N–H and O–H groups in total. The number of esters is 3. The van der Waals surface area contributed by atoms with Crippen LogP contribution in [0.3, 0.4) is 0 Å². The van der Waals surface area contributed by atoms with Crippen LogP contribution in [0, 0.1) is 0 Å². The molecule has 0 aromatic heterocycles. The molecule has 0 saturated heterocycles. The van der Waals surface area contributed by atoms with Gasteiger partial charge in [-0.1, -0.05) is 318 Å². The van der Waals surface area contributed by atoms with Crippen LogP contribution < -0.4 is 0 Å². The Morgan fingerprint density at radius 1 is 0.273 bits per heavy atom. The lowest BCUT2D eigenvalue weighted by Gasteiger charge is -2.18. The molecule has 1 atom stereocenters. The Labute approximate surface area is 477 Å². The molecule has 0 aliphatic carbocycles. The third kappa shape index (κ3) is 63.3. The maximum Gasteiger partial charge on any atom is 0.306 e. The van der Waals surface area contributed by atoms with Crippen molar-refractivity contribution in [3.05, 3.63) is 85.1 Å². The average molecular weight is 1070 g/mol. The Morgan fingerprint density at radius 2 is 0.506 bits per heavy atom. The summed E-state index contributed by atoms with van der Waals surface area (Å²) >= 11 is 0. The quantitative estimate of drug-likeness (QED) is 0.0261. The zero-order valence-corrected chi connectivity index (χ0v) is 51.0. The van der Waals surface area contributed by atoms with Crippen molar-refractivity contribution in [1.29, 1.82) is 0 Å². The second-order valence-corrected chi connectivity index (χ2v) is 22.0. The maximum atomic E-state index is 12.9. The number of rotatable bonds is 60. The van der Waals surface area contributed by atoms with Crippen molar-refractivity contribution in [3.8, 4) is 0 Å². The fraction of sp³-hybridized carbons (Fsp3) is 0.761. The SMILES string of the molecule is CC/C=C\C/C=C\C/C=C\C/C=C\C/C=C\C/C=C\C/C=C\CCCCCC(=O)OCC(COC(=O)CCCCCCCCCCCCCCCC)OC(=O)CCCCCCCCCCCCCCCCCCCCCC. The van der Waals surface area contributed by atoms with Gasteiger partial charge in [0.15, 0.2) is 6.10 Å². The average Bonchev–Trinajstić information content (AvgIpc) is 3.43. The van der Waals surface area contributed by atoms with Gasteiger partial charge in [-0.25, -0.2) is 0 Å². The smallest absolute Gasteiger partial charge is 0.306 e. The number of unbranched alkanes of at least 4 members (excludes halogenated alkanes) is 35. The van der Waals surface area contributed by atoms with E-state index in [-0.39, 0.29) is 31.1 Å². The van der Waals surface area contributed by atoms with Crippen molar-refractivity contribution in [2.24, 2.45) is 0 Å². The molecule has 1 unspecified atom stereocenters. The van der Waals surface area contributed by atoms with E-state index >= 15 is 0 Å². The van der Waals surface area contributed by atoms with Crippen molar-refractivity contribution in [2.45, 2.75) is 335 Å². The Morgan fingerprint density at radius 3 is 0.792 bits per heavy atom. The molecule has 0 radical (unpaired) electrons. The molecule has 0 bridgehead atoms. The van der Waals surface area contributed by atoms with Gasteiger partial charge in [0, 0.05) is 19.3 Å². The number of carbonyl (C=O) groups excluding carboxylic acids is 3. The van der Waals surface area contributed by atoms with Gasteiger partial charge in [0.1, 0.15) is 13.2 Å². The van der Waals surface area contributed by atoms with Gasteiger partial charge < -0.3 is 14.2 Å². The second-order valence-electron chi connectivity index (χ2n) is 22.0. The minimum Gasteiger partial charge on any atom is -0.462 e. The minimum atomic E-state index is -0.789. The molecular formula is C71H124O6. The predicted molar refractivity (Wildman–Crippen MR) is 334 cm³/mol. The first kappa shape index (κ1) is 73.6. The monoisotopic (exact) mass is 1070 g/mol. The molecule has 0 amide bonds. The van der Waals surface area contributed by atoms with Gasteiger partial charge in [0.25, 0.3) is 0 Å². The second kappa shape index (κ2) is 65.1. The van der Waals surface area contributed by atoms with E-state index in [1.807, 2.05) is 0 Å². The van der Waals surface area contributed by atoms with Crippen LogP contribution in [0.15, 0.2) is 85.1 Å². The largest absolute Gasteiger partial charge is 0.462 e. The van der Waals surface area contributed by atoms with Gasteiger partial charge in [-0.2, -0.15) is 0 Å². The fourth-order valence-corrected chi connectivity index (χ4v) is 9.48. The molecule has 6 nitrogen and oxygen atoms in total. The first-order chi connectivity index (χ1) is 38.0. The standard InChI is InChI=1S/C71H124O6/c1-4-7-10-13-16-19-22-25-28-30-32-34-35-36-37-38-40-41-43-46-49-52-55-58-61-64-70(73)76-67-68(66-75-69(72)63-60-57-54-51-48-45-27-24-21-18-15-12-9-6-3)77-71(74)65-62-59-56-53-50-47-44-42-39-33-31-29-26-23-20-17-14-11-8-5-2/h7,10,16,19,25,28,32,34,36-37,40-41,46,49,68H,4-6,8-9,11-15,17-18,20-24,26-27,29-31,33,35,38-39,42-45,47-48,50-67H2,1-3H3/b10-7-,19-16-,28-25-,34-32-,37-36-,41-40-,49-46-. The summed E-state index contributed by atoms with van der Waals surface area (Å²) in [4.78, 5) is 38.3. The first-order valence-corrected chi connectivity index (χ1v) is 33.1. The lowest BCUT2D eigenvalue weighted by Crippen LogP contribution is -2.30. The highest BCUT2D eigenvalue weighted by atomic mass is 16.6. The summed E-state index contributed by atoms with van der Waals surface area (Å²) in [6.07, 6.45) is 85.9. The van der Waals surface area contributed by atoms with Gasteiger partial charge >= 0.3 is 17.9 Å². The summed E-state index contributed by atoms with van der Waals surface area (Å²) in [6.45, 7) is 6.55. The Hall–Kier alpha value is -3.41. The van der Waals surface area contributed by atoms with Crippen LogP contribution in [-0.2, 0) is 28.6 Å². The third-order valence-electron chi connectivity index (χ3n) is 14.4. The minimum absolute atomic E-state index is 0.0827. The van der Waals surface area contributed by atoms with E-state index < -0.39 is 6.10 Å². The van der Waals surface area contributed by atoms with E-state index in [2.05, 4.69) is 106 Å². The van der Waals surface area contributed by atoms with Crippen LogP contribution in [0.1, 0.15) is 329 Å². The first-order valence-electron chi connectivity index (χ1n) is 33.1. The summed E-state index contributed by atoms with van der Waals surface area (Å²) in [6, 6.07) is 0. The fourth-order valence-electron chi connectivity index (χ4n) is 9.48. The van der Waals surface area contributed by atoms with Gasteiger partial charge in [-0.05, 0) is 77.0 Å². The molecule has 0 saturated carbocycles. The molecule has 0 aromatic carbocycles. The summed E-state index contributed by atoms with van der Waals surface area (Å²) in [5, 5.41) is 0. The Kier molecular flexibility index (Phi) is 62.2. The number of ether oxygens (including phenoxy) is 3. The number of carbonyl (C=O) groups is 3. The molecule has 444 valence electrons. The molecule has 0 aliphatic rings. The van der Waals surface area contributed by atoms with Crippen molar-refractivity contribution >= 4 is 17.9 Å². The topological polar surface area (TPSA) is 78.9 Å². The summed E-state index contributed by atoms with van der Waals surface area (Å²) < 4.78 is 16.9. The van der Waals surface area contributed by atoms with Gasteiger partial charge in [0.05, 0.1) is 0 Å². The Balaban J connectivity index is 4.39. The van der Waals surface area contributed by atoms with Crippen molar-refractivity contribution in [1.82, 2.24) is 0 Å². The van der Waals surface area contributed by atoms with Crippen LogP contribution in [0.5, 0.6) is 0 Å². The van der Waals surface area contributed by atoms with Crippen LogP contribution in [0.2, 0.25) is 0 Å². The van der Waals surface area contributed by atoms with E-state index in [4.69, 9.17) is 14.2 Å². The molecule has 0 fully saturated rings. The van der Waals surface area contributed by atoms with Gasteiger partial charge in [-0.15, -0.1) is 0 Å². The van der Waals surface area contributed by atoms with Gasteiger partial charge in [-0.3, -0.25) is 14.4 Å².